The molecular formula is C12H13ClN4O2. The minimum atomic E-state index is 0.0730. The van der Waals surface area contributed by atoms with E-state index in [0.29, 0.717) is 12.6 Å². The van der Waals surface area contributed by atoms with Crippen molar-refractivity contribution in [1.29, 1.82) is 0 Å². The van der Waals surface area contributed by atoms with E-state index in [4.69, 9.17) is 21.1 Å². The number of nitrogens with zero attached hydrogens (tertiary/aromatic N) is 3. The van der Waals surface area contributed by atoms with Crippen molar-refractivity contribution in [3.8, 4) is 11.8 Å². The van der Waals surface area contributed by atoms with Crippen LogP contribution in [0.2, 0.25) is 5.28 Å². The molecule has 6 nitrogen and oxygen atoms in total. The molecule has 1 aromatic carbocycles. The molecule has 0 radical (unpaired) electrons. The Morgan fingerprint density at radius 2 is 2.11 bits per heavy atom. The van der Waals surface area contributed by atoms with E-state index in [0.717, 1.165) is 11.4 Å². The van der Waals surface area contributed by atoms with Crippen LogP contribution in [0.1, 0.15) is 6.92 Å². The van der Waals surface area contributed by atoms with Gasteiger partial charge in [-0.3, -0.25) is 0 Å². The Kier molecular flexibility index (Phi) is 4.35. The van der Waals surface area contributed by atoms with E-state index >= 15 is 0 Å². The lowest BCUT2D eigenvalue weighted by Crippen LogP contribution is -2.03. The van der Waals surface area contributed by atoms with Gasteiger partial charge in [0.2, 0.25) is 11.2 Å². The van der Waals surface area contributed by atoms with Crippen molar-refractivity contribution >= 4 is 23.2 Å². The maximum atomic E-state index is 5.80. The third kappa shape index (κ3) is 3.69. The number of hydrogen-bond acceptors (Lipinski definition) is 6. The van der Waals surface area contributed by atoms with Gasteiger partial charge < -0.3 is 14.8 Å². The van der Waals surface area contributed by atoms with Gasteiger partial charge in [-0.2, -0.15) is 15.0 Å². The first-order valence-electron chi connectivity index (χ1n) is 5.66. The van der Waals surface area contributed by atoms with Crippen LogP contribution in [0.3, 0.4) is 0 Å². The van der Waals surface area contributed by atoms with Crippen LogP contribution < -0.4 is 14.8 Å². The van der Waals surface area contributed by atoms with Crippen LogP contribution in [-0.4, -0.2) is 28.7 Å². The molecule has 1 heterocycles. The van der Waals surface area contributed by atoms with E-state index in [-0.39, 0.29) is 11.3 Å². The average molecular weight is 281 g/mol. The molecule has 0 unspecified atom stereocenters. The second-order valence-electron chi connectivity index (χ2n) is 3.50. The van der Waals surface area contributed by atoms with Gasteiger partial charge in [-0.05, 0) is 30.7 Å². The summed E-state index contributed by atoms with van der Waals surface area (Å²) in [4.78, 5) is 11.9. The fraction of sp³-hybridized carbons (Fsp3) is 0.250. The normalized spacial score (nSPS) is 10.1. The molecule has 7 heteroatoms. The van der Waals surface area contributed by atoms with Crippen LogP contribution >= 0.6 is 11.6 Å². The van der Waals surface area contributed by atoms with Crippen molar-refractivity contribution in [3.05, 3.63) is 29.5 Å². The number of methoxy groups -OCH3 is 1. The van der Waals surface area contributed by atoms with Crippen molar-refractivity contribution in [3.63, 3.8) is 0 Å². The summed E-state index contributed by atoms with van der Waals surface area (Å²) in [6, 6.07) is 7.57. The van der Waals surface area contributed by atoms with Gasteiger partial charge in [-0.25, -0.2) is 0 Å². The summed E-state index contributed by atoms with van der Waals surface area (Å²) in [5.74, 6) is 1.05. The molecule has 0 fully saturated rings. The van der Waals surface area contributed by atoms with Crippen LogP contribution in [0, 0.1) is 0 Å². The predicted octanol–water partition coefficient (Wildman–Crippen LogP) is 2.68. The van der Waals surface area contributed by atoms with Crippen LogP contribution in [0.15, 0.2) is 24.3 Å². The largest absolute Gasteiger partial charge is 0.497 e. The molecule has 0 bridgehead atoms. The number of aromatic nitrogens is 3. The number of halogens is 1. The van der Waals surface area contributed by atoms with Crippen molar-refractivity contribution in [2.24, 2.45) is 0 Å². The topological polar surface area (TPSA) is 69.2 Å². The number of ether oxygens (including phenoxy) is 2. The van der Waals surface area contributed by atoms with Gasteiger partial charge in [-0.15, -0.1) is 0 Å². The second kappa shape index (κ2) is 6.19. The van der Waals surface area contributed by atoms with E-state index in [1.54, 1.807) is 7.11 Å². The zero-order valence-electron chi connectivity index (χ0n) is 10.6. The minimum absolute atomic E-state index is 0.0730. The fourth-order valence-corrected chi connectivity index (χ4v) is 1.56. The minimum Gasteiger partial charge on any atom is -0.497 e. The zero-order valence-corrected chi connectivity index (χ0v) is 11.3. The van der Waals surface area contributed by atoms with E-state index in [1.165, 1.54) is 0 Å². The van der Waals surface area contributed by atoms with E-state index in [1.807, 2.05) is 31.2 Å². The van der Waals surface area contributed by atoms with Crippen LogP contribution in [0.25, 0.3) is 0 Å². The molecule has 0 saturated carbocycles. The highest BCUT2D eigenvalue weighted by Gasteiger charge is 2.06. The summed E-state index contributed by atoms with van der Waals surface area (Å²) in [5, 5.41) is 3.08. The summed E-state index contributed by atoms with van der Waals surface area (Å²) >= 11 is 5.80. The number of nitrogens with one attached hydrogen (secondary N) is 1. The van der Waals surface area contributed by atoms with Crippen molar-refractivity contribution in [2.75, 3.05) is 19.0 Å². The van der Waals surface area contributed by atoms with Gasteiger partial charge in [0.1, 0.15) is 5.75 Å². The molecule has 19 heavy (non-hydrogen) atoms. The van der Waals surface area contributed by atoms with Crippen LogP contribution in [0.4, 0.5) is 11.6 Å². The number of anilines is 2. The Morgan fingerprint density at radius 3 is 2.84 bits per heavy atom. The standard InChI is InChI=1S/C12H13ClN4O2/c1-3-19-12-16-10(13)15-11(17-12)14-8-5-4-6-9(7-8)18-2/h4-7H,3H2,1-2H3,(H,14,15,16,17). The smallest absolute Gasteiger partial charge is 0.322 e. The molecule has 2 rings (SSSR count). The molecule has 0 aliphatic rings. The maximum absolute atomic E-state index is 5.80. The Labute approximate surface area is 115 Å². The number of benzene rings is 1. The Morgan fingerprint density at radius 1 is 1.26 bits per heavy atom. The highest BCUT2D eigenvalue weighted by atomic mass is 35.5. The van der Waals surface area contributed by atoms with Crippen molar-refractivity contribution in [2.45, 2.75) is 6.92 Å². The average Bonchev–Trinajstić information content (AvgIpc) is 2.38. The second-order valence-corrected chi connectivity index (χ2v) is 3.84. The van der Waals surface area contributed by atoms with E-state index in [9.17, 15) is 0 Å². The third-order valence-corrected chi connectivity index (χ3v) is 2.36. The SMILES string of the molecule is CCOc1nc(Cl)nc(Nc2cccc(OC)c2)n1. The van der Waals surface area contributed by atoms with Crippen molar-refractivity contribution < 1.29 is 9.47 Å². The Hall–Kier alpha value is -2.08. The Balaban J connectivity index is 2.22. The van der Waals surface area contributed by atoms with Gasteiger partial charge in [0.05, 0.1) is 13.7 Å². The molecule has 0 aliphatic heterocycles. The lowest BCUT2D eigenvalue weighted by Gasteiger charge is -2.08. The van der Waals surface area contributed by atoms with Gasteiger partial charge >= 0.3 is 6.01 Å². The first-order chi connectivity index (χ1) is 9.21. The molecule has 0 spiro atoms. The quantitative estimate of drug-likeness (QED) is 0.908. The monoisotopic (exact) mass is 280 g/mol. The summed E-state index contributed by atoms with van der Waals surface area (Å²) in [7, 11) is 1.60. The summed E-state index contributed by atoms with van der Waals surface area (Å²) in [6.07, 6.45) is 0. The highest BCUT2D eigenvalue weighted by molar-refractivity contribution is 6.28. The molecule has 2 aromatic rings. The van der Waals surface area contributed by atoms with Crippen molar-refractivity contribution in [1.82, 2.24) is 15.0 Å². The van der Waals surface area contributed by atoms with E-state index in [2.05, 4.69) is 20.3 Å². The maximum Gasteiger partial charge on any atom is 0.322 e. The third-order valence-electron chi connectivity index (χ3n) is 2.19. The first kappa shape index (κ1) is 13.4. The molecule has 1 aromatic heterocycles. The van der Waals surface area contributed by atoms with Crippen LogP contribution in [0.5, 0.6) is 11.8 Å². The lowest BCUT2D eigenvalue weighted by molar-refractivity contribution is 0.312. The lowest BCUT2D eigenvalue weighted by atomic mass is 10.3. The molecule has 0 atom stereocenters. The number of hydrogen-bond donors (Lipinski definition) is 1. The highest BCUT2D eigenvalue weighted by Crippen LogP contribution is 2.20. The predicted molar refractivity (Wildman–Crippen MR) is 72.3 cm³/mol. The summed E-state index contributed by atoms with van der Waals surface area (Å²) in [6.45, 7) is 2.30. The molecule has 100 valence electrons. The van der Waals surface area contributed by atoms with Crippen LogP contribution in [-0.2, 0) is 0 Å². The summed E-state index contributed by atoms with van der Waals surface area (Å²) in [5.41, 5.74) is 0.782. The first-order valence-corrected chi connectivity index (χ1v) is 6.04. The zero-order chi connectivity index (χ0) is 13.7. The number of rotatable bonds is 5. The summed E-state index contributed by atoms with van der Waals surface area (Å²) < 4.78 is 10.3. The molecular weight excluding hydrogens is 268 g/mol. The molecule has 0 aliphatic carbocycles. The molecule has 1 N–H and O–H groups in total. The Bertz CT molecular complexity index is 565. The molecule has 0 saturated heterocycles. The fourth-order valence-electron chi connectivity index (χ4n) is 1.41. The van der Waals surface area contributed by atoms with Gasteiger partial charge in [-0.1, -0.05) is 6.07 Å². The van der Waals surface area contributed by atoms with Gasteiger partial charge in [0.15, 0.2) is 0 Å². The van der Waals surface area contributed by atoms with Gasteiger partial charge in [0, 0.05) is 11.8 Å². The molecule has 0 amide bonds. The van der Waals surface area contributed by atoms with E-state index < -0.39 is 0 Å². The van der Waals surface area contributed by atoms with Gasteiger partial charge in [0.25, 0.3) is 0 Å².